The van der Waals surface area contributed by atoms with Gasteiger partial charge in [0.25, 0.3) is 5.91 Å². The van der Waals surface area contributed by atoms with E-state index in [2.05, 4.69) is 9.97 Å². The second-order valence-corrected chi connectivity index (χ2v) is 7.09. The number of hydroxylamine groups is 1. The molecule has 3 heterocycles. The number of nitrogens with zero attached hydrogens (tertiary/aromatic N) is 5. The minimum absolute atomic E-state index is 0.129. The lowest BCUT2D eigenvalue weighted by Gasteiger charge is -2.32. The van der Waals surface area contributed by atoms with E-state index < -0.39 is 5.91 Å². The third-order valence-corrected chi connectivity index (χ3v) is 4.98. The van der Waals surface area contributed by atoms with Gasteiger partial charge in [-0.3, -0.25) is 19.1 Å². The van der Waals surface area contributed by atoms with Gasteiger partial charge >= 0.3 is 5.69 Å². The Bertz CT molecular complexity index is 1070. The Balaban J connectivity index is 1.45. The van der Waals surface area contributed by atoms with Gasteiger partial charge in [0.05, 0.1) is 30.5 Å². The third kappa shape index (κ3) is 4.09. The molecule has 10 heteroatoms. The molecule has 1 aliphatic rings. The zero-order valence-corrected chi connectivity index (χ0v) is 16.4. The first kappa shape index (κ1) is 19.8. The van der Waals surface area contributed by atoms with Gasteiger partial charge < -0.3 is 9.64 Å². The van der Waals surface area contributed by atoms with Crippen molar-refractivity contribution in [3.05, 3.63) is 70.7 Å². The van der Waals surface area contributed by atoms with E-state index in [4.69, 9.17) is 9.94 Å². The zero-order chi connectivity index (χ0) is 21.1. The van der Waals surface area contributed by atoms with Crippen molar-refractivity contribution in [1.82, 2.24) is 24.6 Å². The molecule has 0 bridgehead atoms. The molecule has 1 aromatic carbocycles. The van der Waals surface area contributed by atoms with Crippen LogP contribution in [-0.4, -0.2) is 56.0 Å². The number of morpholine rings is 1. The quantitative estimate of drug-likeness (QED) is 0.471. The molecule has 1 fully saturated rings. The predicted molar refractivity (Wildman–Crippen MR) is 108 cm³/mol. The number of aromatic nitrogens is 4. The number of hydrogen-bond acceptors (Lipinski definition) is 7. The van der Waals surface area contributed by atoms with Crippen molar-refractivity contribution in [3.63, 3.8) is 0 Å². The van der Waals surface area contributed by atoms with E-state index >= 15 is 0 Å². The molecule has 0 radical (unpaired) electrons. The fourth-order valence-electron chi connectivity index (χ4n) is 3.35. The Morgan fingerprint density at radius 1 is 1.23 bits per heavy atom. The molecule has 3 aromatic rings. The Morgan fingerprint density at radius 3 is 2.67 bits per heavy atom. The Hall–Kier alpha value is -3.50. The van der Waals surface area contributed by atoms with E-state index in [1.807, 2.05) is 36.1 Å². The monoisotopic (exact) mass is 410 g/mol. The molecule has 0 aliphatic carbocycles. The number of anilines is 1. The molecule has 0 saturated carbocycles. The molecule has 1 amide bonds. The number of amides is 1. The molecule has 0 spiro atoms. The number of imidazole rings is 1. The molecule has 1 saturated heterocycles. The lowest BCUT2D eigenvalue weighted by Crippen LogP contribution is -2.46. The highest BCUT2D eigenvalue weighted by atomic mass is 16.5. The van der Waals surface area contributed by atoms with E-state index in [1.165, 1.54) is 12.4 Å². The average molecular weight is 410 g/mol. The number of hydrogen-bond donors (Lipinski definition) is 2. The van der Waals surface area contributed by atoms with Crippen molar-refractivity contribution in [3.8, 4) is 5.69 Å². The van der Waals surface area contributed by atoms with E-state index in [9.17, 15) is 9.59 Å². The van der Waals surface area contributed by atoms with Gasteiger partial charge in [-0.05, 0) is 19.1 Å². The molecule has 30 heavy (non-hydrogen) atoms. The van der Waals surface area contributed by atoms with Gasteiger partial charge in [-0.25, -0.2) is 20.2 Å². The highest BCUT2D eigenvalue weighted by Crippen LogP contribution is 2.14. The summed E-state index contributed by atoms with van der Waals surface area (Å²) < 4.78 is 9.07. The van der Waals surface area contributed by atoms with Crippen LogP contribution in [-0.2, 0) is 11.3 Å². The Kier molecular flexibility index (Phi) is 5.59. The molecule has 4 rings (SSSR count). The largest absolute Gasteiger partial charge is 0.373 e. The van der Waals surface area contributed by atoms with Crippen molar-refractivity contribution >= 4 is 11.9 Å². The highest BCUT2D eigenvalue weighted by Gasteiger charge is 2.24. The molecular weight excluding hydrogens is 388 g/mol. The second kappa shape index (κ2) is 8.47. The fourth-order valence-corrected chi connectivity index (χ4v) is 3.35. The number of benzene rings is 1. The first-order valence-corrected chi connectivity index (χ1v) is 9.53. The van der Waals surface area contributed by atoms with Crippen molar-refractivity contribution in [2.24, 2.45) is 0 Å². The van der Waals surface area contributed by atoms with Crippen LogP contribution < -0.4 is 16.1 Å². The van der Waals surface area contributed by atoms with Crippen molar-refractivity contribution in [1.29, 1.82) is 0 Å². The predicted octanol–water partition coefficient (Wildman–Crippen LogP) is 0.762. The first-order valence-electron chi connectivity index (χ1n) is 9.53. The minimum Gasteiger partial charge on any atom is -0.373 e. The van der Waals surface area contributed by atoms with Gasteiger partial charge in [-0.1, -0.05) is 17.7 Å². The molecule has 2 N–H and O–H groups in total. The van der Waals surface area contributed by atoms with Crippen LogP contribution in [0.2, 0.25) is 0 Å². The van der Waals surface area contributed by atoms with Gasteiger partial charge in [0.15, 0.2) is 0 Å². The molecule has 1 aliphatic heterocycles. The summed E-state index contributed by atoms with van der Waals surface area (Å²) in [5, 5.41) is 8.68. The Labute approximate surface area is 172 Å². The van der Waals surface area contributed by atoms with Crippen LogP contribution in [0, 0.1) is 6.92 Å². The fraction of sp³-hybridized carbons (Fsp3) is 0.300. The maximum atomic E-state index is 12.8. The van der Waals surface area contributed by atoms with Gasteiger partial charge in [0.2, 0.25) is 5.95 Å². The van der Waals surface area contributed by atoms with E-state index in [0.717, 1.165) is 11.3 Å². The first-order chi connectivity index (χ1) is 14.5. The van der Waals surface area contributed by atoms with Crippen LogP contribution in [0.4, 0.5) is 5.95 Å². The van der Waals surface area contributed by atoms with E-state index in [1.54, 1.807) is 27.0 Å². The SMILES string of the molecule is Cc1ccc(-n2ccn(CC3CN(c4ncc(C(=O)NO)cn4)CCO3)c2=O)cc1. The Morgan fingerprint density at radius 2 is 1.97 bits per heavy atom. The average Bonchev–Trinajstić information content (AvgIpc) is 3.14. The lowest BCUT2D eigenvalue weighted by molar-refractivity contribution is 0.0284. The van der Waals surface area contributed by atoms with Gasteiger partial charge in [0.1, 0.15) is 0 Å². The second-order valence-electron chi connectivity index (χ2n) is 7.09. The van der Waals surface area contributed by atoms with Crippen LogP contribution in [0.15, 0.2) is 53.8 Å². The third-order valence-electron chi connectivity index (χ3n) is 4.98. The summed E-state index contributed by atoms with van der Waals surface area (Å²) in [5.74, 6) is -0.207. The summed E-state index contributed by atoms with van der Waals surface area (Å²) in [6.07, 6.45) is 5.99. The van der Waals surface area contributed by atoms with Crippen LogP contribution in [0.1, 0.15) is 15.9 Å². The standard InChI is InChI=1S/C20H22N6O4/c1-14-2-4-16(5-3-14)26-7-6-25(20(26)28)13-17-12-24(8-9-30-17)19-21-10-15(11-22-19)18(27)23-29/h2-7,10-11,17,29H,8-9,12-13H2,1H3,(H,23,27). The van der Waals surface area contributed by atoms with Crippen molar-refractivity contribution in [2.75, 3.05) is 24.6 Å². The maximum Gasteiger partial charge on any atom is 0.332 e. The summed E-state index contributed by atoms with van der Waals surface area (Å²) >= 11 is 0. The number of aryl methyl sites for hydroxylation is 1. The highest BCUT2D eigenvalue weighted by molar-refractivity contribution is 5.92. The molecule has 156 valence electrons. The van der Waals surface area contributed by atoms with Crippen LogP contribution >= 0.6 is 0 Å². The van der Waals surface area contributed by atoms with E-state index in [-0.39, 0.29) is 17.4 Å². The topological polar surface area (TPSA) is 115 Å². The maximum absolute atomic E-state index is 12.8. The van der Waals surface area contributed by atoms with Crippen LogP contribution in [0.25, 0.3) is 5.69 Å². The summed E-state index contributed by atoms with van der Waals surface area (Å²) in [6, 6.07) is 7.77. The van der Waals surface area contributed by atoms with Crippen LogP contribution in [0.3, 0.4) is 0 Å². The van der Waals surface area contributed by atoms with Crippen molar-refractivity contribution < 1.29 is 14.7 Å². The lowest BCUT2D eigenvalue weighted by atomic mass is 10.2. The number of carbonyl (C=O) groups excluding carboxylic acids is 1. The number of ether oxygens (including phenoxy) is 1. The summed E-state index contributed by atoms with van der Waals surface area (Å²) in [6.45, 7) is 3.98. The molecular formula is C20H22N6O4. The van der Waals surface area contributed by atoms with E-state index in [0.29, 0.717) is 32.2 Å². The summed E-state index contributed by atoms with van der Waals surface area (Å²) in [4.78, 5) is 34.5. The normalized spacial score (nSPS) is 16.5. The number of nitrogens with one attached hydrogen (secondary N) is 1. The van der Waals surface area contributed by atoms with Gasteiger partial charge in [-0.2, -0.15) is 0 Å². The van der Waals surface area contributed by atoms with Crippen molar-refractivity contribution in [2.45, 2.75) is 19.6 Å². The molecule has 2 aromatic heterocycles. The molecule has 1 atom stereocenters. The summed E-state index contributed by atoms with van der Waals surface area (Å²) in [7, 11) is 0. The number of carbonyl (C=O) groups is 1. The minimum atomic E-state index is -0.668. The zero-order valence-electron chi connectivity index (χ0n) is 16.4. The number of rotatable bonds is 5. The summed E-state index contributed by atoms with van der Waals surface area (Å²) in [5.41, 5.74) is 3.53. The van der Waals surface area contributed by atoms with Crippen LogP contribution in [0.5, 0.6) is 0 Å². The molecule has 10 nitrogen and oxygen atoms in total. The molecule has 1 unspecified atom stereocenters. The van der Waals surface area contributed by atoms with Gasteiger partial charge in [-0.15, -0.1) is 0 Å². The van der Waals surface area contributed by atoms with Gasteiger partial charge in [0, 0.05) is 37.9 Å². The smallest absolute Gasteiger partial charge is 0.332 e.